The number of nitrogens with one attached hydrogen (secondary N) is 1. The van der Waals surface area contributed by atoms with Crippen molar-refractivity contribution in [3.05, 3.63) is 59.8 Å². The van der Waals surface area contributed by atoms with E-state index in [4.69, 9.17) is 4.74 Å². The predicted molar refractivity (Wildman–Crippen MR) is 77.2 cm³/mol. The van der Waals surface area contributed by atoms with Crippen molar-refractivity contribution in [1.82, 2.24) is 10.3 Å². The first kappa shape index (κ1) is 13.6. The molecular formula is C16H20N2O. The van der Waals surface area contributed by atoms with Crippen molar-refractivity contribution in [3.8, 4) is 5.88 Å². The molecule has 0 aliphatic heterocycles. The number of hydrogen-bond donors (Lipinski definition) is 1. The molecule has 0 saturated carbocycles. The summed E-state index contributed by atoms with van der Waals surface area (Å²) in [5.74, 6) is 0.674. The van der Waals surface area contributed by atoms with Crippen LogP contribution in [0.1, 0.15) is 18.1 Å². The highest BCUT2D eigenvalue weighted by molar-refractivity contribution is 5.21. The Hall–Kier alpha value is -1.87. The zero-order chi connectivity index (χ0) is 13.5. The van der Waals surface area contributed by atoms with Gasteiger partial charge in [-0.3, -0.25) is 0 Å². The second kappa shape index (κ2) is 6.90. The van der Waals surface area contributed by atoms with Gasteiger partial charge in [-0.1, -0.05) is 30.3 Å². The van der Waals surface area contributed by atoms with Crippen LogP contribution >= 0.6 is 0 Å². The average Bonchev–Trinajstić information content (AvgIpc) is 2.46. The van der Waals surface area contributed by atoms with Gasteiger partial charge in [0.25, 0.3) is 0 Å². The fourth-order valence-corrected chi connectivity index (χ4v) is 2.00. The van der Waals surface area contributed by atoms with Gasteiger partial charge in [0, 0.05) is 24.8 Å². The molecule has 0 fully saturated rings. The minimum Gasteiger partial charge on any atom is -0.481 e. The maximum atomic E-state index is 5.13. The normalized spacial score (nSPS) is 12.1. The monoisotopic (exact) mass is 256 g/mol. The molecule has 1 atom stereocenters. The maximum absolute atomic E-state index is 5.13. The molecule has 0 radical (unpaired) electrons. The molecular weight excluding hydrogens is 236 g/mol. The molecule has 1 aromatic carbocycles. The molecule has 0 saturated heterocycles. The third kappa shape index (κ3) is 4.38. The van der Waals surface area contributed by atoms with Crippen molar-refractivity contribution in [1.29, 1.82) is 0 Å². The SMILES string of the molecule is COc1cc(C[C@@H](C)NCc2ccccc2)ccn1. The molecule has 0 aliphatic rings. The van der Waals surface area contributed by atoms with Gasteiger partial charge in [0.05, 0.1) is 7.11 Å². The predicted octanol–water partition coefficient (Wildman–Crippen LogP) is 2.81. The average molecular weight is 256 g/mol. The second-order valence-corrected chi connectivity index (χ2v) is 4.68. The Bertz CT molecular complexity index is 499. The van der Waals surface area contributed by atoms with E-state index in [0.717, 1.165) is 13.0 Å². The summed E-state index contributed by atoms with van der Waals surface area (Å²) in [7, 11) is 1.64. The first-order valence-corrected chi connectivity index (χ1v) is 6.54. The van der Waals surface area contributed by atoms with Crippen molar-refractivity contribution < 1.29 is 4.74 Å². The largest absolute Gasteiger partial charge is 0.481 e. The number of rotatable bonds is 6. The molecule has 100 valence electrons. The van der Waals surface area contributed by atoms with Crippen molar-refractivity contribution in [3.63, 3.8) is 0 Å². The van der Waals surface area contributed by atoms with Crippen LogP contribution < -0.4 is 10.1 Å². The third-order valence-corrected chi connectivity index (χ3v) is 3.05. The molecule has 19 heavy (non-hydrogen) atoms. The number of benzene rings is 1. The first-order chi connectivity index (χ1) is 9.28. The Balaban J connectivity index is 1.85. The Morgan fingerprint density at radius 2 is 1.95 bits per heavy atom. The van der Waals surface area contributed by atoms with Gasteiger partial charge in [-0.05, 0) is 30.5 Å². The van der Waals surface area contributed by atoms with E-state index in [2.05, 4.69) is 41.5 Å². The van der Waals surface area contributed by atoms with E-state index >= 15 is 0 Å². The Labute approximate surface area is 114 Å². The van der Waals surface area contributed by atoms with Gasteiger partial charge >= 0.3 is 0 Å². The molecule has 1 N–H and O–H groups in total. The van der Waals surface area contributed by atoms with Gasteiger partial charge in [0.2, 0.25) is 5.88 Å². The quantitative estimate of drug-likeness (QED) is 0.863. The van der Waals surface area contributed by atoms with Crippen LogP contribution in [0.25, 0.3) is 0 Å². The van der Waals surface area contributed by atoms with Crippen LogP contribution in [-0.4, -0.2) is 18.1 Å². The number of nitrogens with zero attached hydrogens (tertiary/aromatic N) is 1. The van der Waals surface area contributed by atoms with Crippen molar-refractivity contribution >= 4 is 0 Å². The molecule has 0 amide bonds. The minimum atomic E-state index is 0.410. The molecule has 1 aromatic heterocycles. The highest BCUT2D eigenvalue weighted by Crippen LogP contribution is 2.10. The Morgan fingerprint density at radius 3 is 2.68 bits per heavy atom. The summed E-state index contributed by atoms with van der Waals surface area (Å²) in [5, 5.41) is 3.52. The van der Waals surface area contributed by atoms with Crippen LogP contribution in [0, 0.1) is 0 Å². The van der Waals surface area contributed by atoms with Crippen LogP contribution in [0.4, 0.5) is 0 Å². The van der Waals surface area contributed by atoms with Crippen molar-refractivity contribution in [2.24, 2.45) is 0 Å². The number of ether oxygens (including phenoxy) is 1. The van der Waals surface area contributed by atoms with E-state index in [1.54, 1.807) is 13.3 Å². The van der Waals surface area contributed by atoms with Gasteiger partial charge in [-0.25, -0.2) is 4.98 Å². The smallest absolute Gasteiger partial charge is 0.213 e. The lowest BCUT2D eigenvalue weighted by atomic mass is 10.1. The first-order valence-electron chi connectivity index (χ1n) is 6.54. The van der Waals surface area contributed by atoms with E-state index in [1.807, 2.05) is 18.2 Å². The van der Waals surface area contributed by atoms with Gasteiger partial charge in [-0.2, -0.15) is 0 Å². The van der Waals surface area contributed by atoms with E-state index in [9.17, 15) is 0 Å². The second-order valence-electron chi connectivity index (χ2n) is 4.68. The number of pyridine rings is 1. The lowest BCUT2D eigenvalue weighted by Gasteiger charge is -2.14. The summed E-state index contributed by atoms with van der Waals surface area (Å²) < 4.78 is 5.13. The summed E-state index contributed by atoms with van der Waals surface area (Å²) >= 11 is 0. The topological polar surface area (TPSA) is 34.1 Å². The highest BCUT2D eigenvalue weighted by Gasteiger charge is 2.04. The number of methoxy groups -OCH3 is 1. The molecule has 1 heterocycles. The zero-order valence-electron chi connectivity index (χ0n) is 11.5. The zero-order valence-corrected chi connectivity index (χ0v) is 11.5. The van der Waals surface area contributed by atoms with Gasteiger partial charge in [0.1, 0.15) is 0 Å². The van der Waals surface area contributed by atoms with E-state index in [0.29, 0.717) is 11.9 Å². The molecule has 0 bridgehead atoms. The van der Waals surface area contributed by atoms with Gasteiger partial charge in [-0.15, -0.1) is 0 Å². The van der Waals surface area contributed by atoms with Gasteiger partial charge < -0.3 is 10.1 Å². The number of aromatic nitrogens is 1. The highest BCUT2D eigenvalue weighted by atomic mass is 16.5. The Kier molecular flexibility index (Phi) is 4.93. The summed E-state index contributed by atoms with van der Waals surface area (Å²) in [6.07, 6.45) is 2.75. The maximum Gasteiger partial charge on any atom is 0.213 e. The third-order valence-electron chi connectivity index (χ3n) is 3.05. The molecule has 2 aromatic rings. The summed E-state index contributed by atoms with van der Waals surface area (Å²) in [6, 6.07) is 14.9. The van der Waals surface area contributed by atoms with Crippen LogP contribution in [-0.2, 0) is 13.0 Å². The fraction of sp³-hybridized carbons (Fsp3) is 0.312. The van der Waals surface area contributed by atoms with Crippen LogP contribution in [0.2, 0.25) is 0 Å². The Morgan fingerprint density at radius 1 is 1.16 bits per heavy atom. The molecule has 0 unspecified atom stereocenters. The molecule has 0 aliphatic carbocycles. The van der Waals surface area contributed by atoms with Crippen LogP contribution in [0.3, 0.4) is 0 Å². The van der Waals surface area contributed by atoms with Gasteiger partial charge in [0.15, 0.2) is 0 Å². The standard InChI is InChI=1S/C16H20N2O/c1-13(18-12-14-6-4-3-5-7-14)10-15-8-9-17-16(11-15)19-2/h3-9,11,13,18H,10,12H2,1-2H3/t13-/m1/s1. The van der Waals surface area contributed by atoms with E-state index in [1.165, 1.54) is 11.1 Å². The van der Waals surface area contributed by atoms with Crippen LogP contribution in [0.15, 0.2) is 48.7 Å². The summed E-state index contributed by atoms with van der Waals surface area (Å²) in [6.45, 7) is 3.08. The van der Waals surface area contributed by atoms with Crippen LogP contribution in [0.5, 0.6) is 5.88 Å². The van der Waals surface area contributed by atoms with Crippen molar-refractivity contribution in [2.45, 2.75) is 25.9 Å². The molecule has 3 nitrogen and oxygen atoms in total. The van der Waals surface area contributed by atoms with E-state index < -0.39 is 0 Å². The lowest BCUT2D eigenvalue weighted by Crippen LogP contribution is -2.27. The minimum absolute atomic E-state index is 0.410. The lowest BCUT2D eigenvalue weighted by molar-refractivity contribution is 0.397. The fourth-order valence-electron chi connectivity index (χ4n) is 2.00. The summed E-state index contributed by atoms with van der Waals surface area (Å²) in [4.78, 5) is 4.12. The van der Waals surface area contributed by atoms with Crippen molar-refractivity contribution in [2.75, 3.05) is 7.11 Å². The molecule has 3 heteroatoms. The molecule has 0 spiro atoms. The van der Waals surface area contributed by atoms with E-state index in [-0.39, 0.29) is 0 Å². The summed E-state index contributed by atoms with van der Waals surface area (Å²) in [5.41, 5.74) is 2.54. The number of hydrogen-bond acceptors (Lipinski definition) is 3. The molecule has 2 rings (SSSR count).